The van der Waals surface area contributed by atoms with Crippen molar-refractivity contribution in [3.8, 4) is 0 Å². The summed E-state index contributed by atoms with van der Waals surface area (Å²) < 4.78 is 1.64. The van der Waals surface area contributed by atoms with Crippen molar-refractivity contribution < 1.29 is 4.79 Å². The molecule has 0 aliphatic heterocycles. The maximum atomic E-state index is 13.3. The largest absolute Gasteiger partial charge is 0.345 e. The second kappa shape index (κ2) is 4.69. The molecule has 7 rings (SSSR count). The van der Waals surface area contributed by atoms with Crippen molar-refractivity contribution in [2.45, 2.75) is 57.9 Å². The highest BCUT2D eigenvalue weighted by Gasteiger charge is 2.78. The average Bonchev–Trinajstić information content (AvgIpc) is 2.72. The summed E-state index contributed by atoms with van der Waals surface area (Å²) in [4.78, 5) is 26.3. The van der Waals surface area contributed by atoms with Crippen LogP contribution in [0.2, 0.25) is 0 Å². The Balaban J connectivity index is 1.40. The number of rotatable bonds is 2. The molecule has 5 aliphatic rings. The number of nitrogens with zero attached hydrogens (tertiary/aromatic N) is 2. The number of carbonyl (C=O) groups is 1. The molecule has 5 heteroatoms. The van der Waals surface area contributed by atoms with Crippen LogP contribution in [0.25, 0.3) is 10.9 Å². The Hall–Kier alpha value is -2.17. The van der Waals surface area contributed by atoms with E-state index in [1.165, 1.54) is 19.3 Å². The minimum absolute atomic E-state index is 0.0251. The Kier molecular flexibility index (Phi) is 2.81. The Bertz CT molecular complexity index is 1120. The highest BCUT2D eigenvalue weighted by atomic mass is 16.2. The minimum atomic E-state index is -0.297. The van der Waals surface area contributed by atoms with Crippen LogP contribution in [0.5, 0.6) is 0 Å². The van der Waals surface area contributed by atoms with Gasteiger partial charge in [-0.1, -0.05) is 26.0 Å². The molecule has 5 fully saturated rings. The van der Waals surface area contributed by atoms with Crippen molar-refractivity contribution in [3.63, 3.8) is 0 Å². The molecule has 5 unspecified atom stereocenters. The molecule has 146 valence electrons. The van der Waals surface area contributed by atoms with E-state index in [4.69, 9.17) is 0 Å². The van der Waals surface area contributed by atoms with Crippen LogP contribution in [0.3, 0.4) is 0 Å². The normalized spacial score (nSPS) is 42.5. The van der Waals surface area contributed by atoms with Crippen LogP contribution in [0.1, 0.15) is 62.9 Å². The van der Waals surface area contributed by atoms with E-state index in [1.807, 2.05) is 18.2 Å². The number of amides is 1. The van der Waals surface area contributed by atoms with E-state index in [1.54, 1.807) is 17.8 Å². The predicted octanol–water partition coefficient (Wildman–Crippen LogP) is 3.41. The van der Waals surface area contributed by atoms with E-state index in [0.717, 1.165) is 30.7 Å². The fraction of sp³-hybridized carbons (Fsp3) is 0.609. The molecule has 5 atom stereocenters. The SMILES string of the molecule is Cn1nc(C(=O)NC23CC4(C)CC5CC(C4)(C2)C5(C)C3)c(=O)c2ccccc21. The molecular formula is C23H27N3O2. The third kappa shape index (κ3) is 1.81. The van der Waals surface area contributed by atoms with E-state index >= 15 is 0 Å². The highest BCUT2D eigenvalue weighted by Crippen LogP contribution is 2.84. The molecule has 28 heavy (non-hydrogen) atoms. The van der Waals surface area contributed by atoms with Gasteiger partial charge in [0.25, 0.3) is 5.91 Å². The summed E-state index contributed by atoms with van der Waals surface area (Å²) in [5.74, 6) is 0.508. The van der Waals surface area contributed by atoms with Gasteiger partial charge in [-0.2, -0.15) is 5.10 Å². The molecule has 5 nitrogen and oxygen atoms in total. The van der Waals surface area contributed by atoms with Crippen LogP contribution in [0.15, 0.2) is 29.1 Å². The van der Waals surface area contributed by atoms with Gasteiger partial charge in [0.05, 0.1) is 5.52 Å². The smallest absolute Gasteiger partial charge is 0.276 e. The molecule has 5 aliphatic carbocycles. The molecule has 1 aromatic heterocycles. The van der Waals surface area contributed by atoms with Crippen molar-refractivity contribution in [2.75, 3.05) is 0 Å². The summed E-state index contributed by atoms with van der Waals surface area (Å²) in [6.45, 7) is 4.86. The third-order valence-electron chi connectivity index (χ3n) is 8.96. The van der Waals surface area contributed by atoms with Crippen LogP contribution in [-0.4, -0.2) is 21.2 Å². The number of aromatic nitrogens is 2. The number of fused-ring (bicyclic) bond motifs is 2. The number of nitrogens with one attached hydrogen (secondary N) is 1. The third-order valence-corrected chi connectivity index (χ3v) is 8.96. The predicted molar refractivity (Wildman–Crippen MR) is 107 cm³/mol. The number of para-hydroxylation sites is 1. The zero-order chi connectivity index (χ0) is 19.5. The van der Waals surface area contributed by atoms with Gasteiger partial charge in [-0.15, -0.1) is 0 Å². The summed E-state index contributed by atoms with van der Waals surface area (Å²) >= 11 is 0. The molecule has 0 radical (unpaired) electrons. The standard InChI is InChI=1S/C23H27N3O2/c1-20-8-14-9-22(10-20)13-23(11-20,12-21(14,22)2)24-19(28)17-18(27)15-6-4-5-7-16(15)26(3)25-17/h4-7,14H,8-13H2,1-3H3,(H,24,28). The average molecular weight is 377 g/mol. The van der Waals surface area contributed by atoms with E-state index in [-0.39, 0.29) is 22.6 Å². The topological polar surface area (TPSA) is 64.0 Å². The van der Waals surface area contributed by atoms with Gasteiger partial charge < -0.3 is 5.32 Å². The van der Waals surface area contributed by atoms with E-state index in [0.29, 0.717) is 21.6 Å². The van der Waals surface area contributed by atoms with E-state index in [9.17, 15) is 9.59 Å². The van der Waals surface area contributed by atoms with Crippen LogP contribution < -0.4 is 10.7 Å². The molecule has 1 aromatic carbocycles. The maximum Gasteiger partial charge on any atom is 0.276 e. The molecule has 1 amide bonds. The maximum absolute atomic E-state index is 13.3. The summed E-state index contributed by atoms with van der Waals surface area (Å²) in [6, 6.07) is 7.35. The van der Waals surface area contributed by atoms with Gasteiger partial charge in [-0.3, -0.25) is 14.3 Å². The summed E-state index contributed by atoms with van der Waals surface area (Å²) in [5.41, 5.74) is 1.41. The second-order valence-corrected chi connectivity index (χ2v) is 10.9. The van der Waals surface area contributed by atoms with Gasteiger partial charge in [-0.05, 0) is 72.8 Å². The first-order valence-corrected chi connectivity index (χ1v) is 10.5. The van der Waals surface area contributed by atoms with Gasteiger partial charge >= 0.3 is 0 Å². The molecule has 1 N–H and O–H groups in total. The van der Waals surface area contributed by atoms with Crippen molar-refractivity contribution in [3.05, 3.63) is 40.2 Å². The molecule has 4 bridgehead atoms. The molecule has 1 spiro atoms. The van der Waals surface area contributed by atoms with Crippen LogP contribution in [-0.2, 0) is 7.05 Å². The van der Waals surface area contributed by atoms with Crippen molar-refractivity contribution >= 4 is 16.8 Å². The van der Waals surface area contributed by atoms with Gasteiger partial charge in [0.15, 0.2) is 5.69 Å². The van der Waals surface area contributed by atoms with Crippen molar-refractivity contribution in [1.82, 2.24) is 15.1 Å². The van der Waals surface area contributed by atoms with Crippen LogP contribution in [0, 0.1) is 22.2 Å². The van der Waals surface area contributed by atoms with Crippen LogP contribution >= 0.6 is 0 Å². The Labute approximate surface area is 164 Å². The lowest BCUT2D eigenvalue weighted by molar-refractivity contribution is -0.198. The van der Waals surface area contributed by atoms with Crippen molar-refractivity contribution in [2.24, 2.45) is 29.2 Å². The minimum Gasteiger partial charge on any atom is -0.345 e. The van der Waals surface area contributed by atoms with Gasteiger partial charge in [0.1, 0.15) is 0 Å². The van der Waals surface area contributed by atoms with Gasteiger partial charge in [0.2, 0.25) is 5.43 Å². The number of hydrogen-bond acceptors (Lipinski definition) is 3. The number of benzene rings is 1. The first-order chi connectivity index (χ1) is 13.2. The molecule has 1 heterocycles. The second-order valence-electron chi connectivity index (χ2n) is 10.9. The lowest BCUT2D eigenvalue weighted by atomic mass is 9.35. The van der Waals surface area contributed by atoms with E-state index < -0.39 is 0 Å². The summed E-state index contributed by atoms with van der Waals surface area (Å²) in [6.07, 6.45) is 7.09. The van der Waals surface area contributed by atoms with Crippen LogP contribution in [0.4, 0.5) is 0 Å². The zero-order valence-electron chi connectivity index (χ0n) is 16.8. The molecule has 5 saturated carbocycles. The van der Waals surface area contributed by atoms with Crippen molar-refractivity contribution in [1.29, 1.82) is 0 Å². The summed E-state index contributed by atoms with van der Waals surface area (Å²) in [7, 11) is 1.79. The number of carbonyl (C=O) groups excluding carboxylic acids is 1. The lowest BCUT2D eigenvalue weighted by Crippen LogP contribution is -2.62. The Morgan fingerprint density at radius 2 is 1.93 bits per heavy atom. The first kappa shape index (κ1) is 16.8. The monoisotopic (exact) mass is 377 g/mol. The number of hydrogen-bond donors (Lipinski definition) is 1. The molecule has 2 aromatic rings. The fourth-order valence-corrected chi connectivity index (χ4v) is 8.35. The summed E-state index contributed by atoms with van der Waals surface area (Å²) in [5, 5.41) is 8.27. The lowest BCUT2D eigenvalue weighted by Gasteiger charge is -2.69. The number of aryl methyl sites for hydroxylation is 1. The first-order valence-electron chi connectivity index (χ1n) is 10.5. The zero-order valence-corrected chi connectivity index (χ0v) is 16.8. The quantitative estimate of drug-likeness (QED) is 0.872. The Morgan fingerprint density at radius 3 is 2.75 bits per heavy atom. The van der Waals surface area contributed by atoms with E-state index in [2.05, 4.69) is 24.3 Å². The highest BCUT2D eigenvalue weighted by molar-refractivity contribution is 5.95. The molecular weight excluding hydrogens is 350 g/mol. The fourth-order valence-electron chi connectivity index (χ4n) is 8.35. The molecule has 0 saturated heterocycles. The Morgan fingerprint density at radius 1 is 1.14 bits per heavy atom. The van der Waals surface area contributed by atoms with Gasteiger partial charge in [0, 0.05) is 18.0 Å². The van der Waals surface area contributed by atoms with Gasteiger partial charge in [-0.25, -0.2) is 0 Å².